The summed E-state index contributed by atoms with van der Waals surface area (Å²) in [5.74, 6) is 0. The van der Waals surface area contributed by atoms with Gasteiger partial charge in [-0.1, -0.05) is 18.9 Å². The number of rotatable bonds is 2. The fourth-order valence-electron chi connectivity index (χ4n) is 3.29. The molecule has 2 heterocycles. The zero-order valence-electron chi connectivity index (χ0n) is 14.8. The van der Waals surface area contributed by atoms with Crippen LogP contribution in [0.4, 0.5) is 10.5 Å². The first-order valence-corrected chi connectivity index (χ1v) is 9.57. The topological polar surface area (TPSA) is 32.3 Å². The largest absolute Gasteiger partial charge is 0.322 e. The monoisotopic (exact) mass is 342 g/mol. The number of carbonyl (C=O) groups excluding carboxylic acids is 1. The molecule has 1 atom stereocenters. The van der Waals surface area contributed by atoms with Crippen LogP contribution in [0.15, 0.2) is 30.3 Å². The fraction of sp³-hybridized carbons (Fsp3) is 0.450. The molecule has 1 saturated heterocycles. The van der Waals surface area contributed by atoms with Crippen LogP contribution in [-0.2, 0) is 0 Å². The molecule has 1 aliphatic heterocycles. The van der Waals surface area contributed by atoms with E-state index in [1.165, 1.54) is 33.7 Å². The molecule has 24 heavy (non-hydrogen) atoms. The van der Waals surface area contributed by atoms with E-state index in [9.17, 15) is 4.79 Å². The Hall–Kier alpha value is -1.81. The van der Waals surface area contributed by atoms with E-state index in [0.717, 1.165) is 25.1 Å². The normalized spacial score (nSPS) is 18.3. The highest BCUT2D eigenvalue weighted by atomic mass is 32.1. The molecule has 0 radical (unpaired) electrons. The molecule has 1 aliphatic rings. The number of thiophene rings is 1. The van der Waals surface area contributed by atoms with E-state index in [-0.39, 0.29) is 12.1 Å². The number of anilines is 1. The van der Waals surface area contributed by atoms with Gasteiger partial charge in [0.15, 0.2) is 0 Å². The molecule has 2 amide bonds. The Balaban J connectivity index is 1.80. The maximum atomic E-state index is 12.9. The Bertz CT molecular complexity index is 722. The van der Waals surface area contributed by atoms with Gasteiger partial charge in [0.1, 0.15) is 0 Å². The van der Waals surface area contributed by atoms with E-state index in [1.807, 2.05) is 22.3 Å². The average molecular weight is 343 g/mol. The van der Waals surface area contributed by atoms with Crippen molar-refractivity contribution >= 4 is 23.1 Å². The highest BCUT2D eigenvalue weighted by molar-refractivity contribution is 7.12. The molecule has 128 valence electrons. The van der Waals surface area contributed by atoms with Crippen molar-refractivity contribution in [3.05, 3.63) is 51.2 Å². The third kappa shape index (κ3) is 3.81. The standard InChI is InChI=1S/C20H26N2OS/c1-14-8-10-17(13-15(14)2)21-20(23)22-12-6-4-5-7-18(22)19-11-9-16(3)24-19/h8-11,13,18H,4-7,12H2,1-3H3,(H,21,23)/t18-/m1/s1. The lowest BCUT2D eigenvalue weighted by molar-refractivity contribution is 0.190. The summed E-state index contributed by atoms with van der Waals surface area (Å²) in [4.78, 5) is 17.6. The van der Waals surface area contributed by atoms with Crippen molar-refractivity contribution in [2.75, 3.05) is 11.9 Å². The van der Waals surface area contributed by atoms with Crippen molar-refractivity contribution in [3.63, 3.8) is 0 Å². The van der Waals surface area contributed by atoms with E-state index in [1.54, 1.807) is 0 Å². The molecule has 0 spiro atoms. The van der Waals surface area contributed by atoms with Crippen LogP contribution in [0, 0.1) is 20.8 Å². The van der Waals surface area contributed by atoms with Crippen molar-refractivity contribution in [1.82, 2.24) is 4.90 Å². The van der Waals surface area contributed by atoms with Crippen LogP contribution in [0.5, 0.6) is 0 Å². The highest BCUT2D eigenvalue weighted by Crippen LogP contribution is 2.34. The number of amides is 2. The number of hydrogen-bond acceptors (Lipinski definition) is 2. The number of benzene rings is 1. The lowest BCUT2D eigenvalue weighted by atomic mass is 10.1. The number of urea groups is 1. The molecular weight excluding hydrogens is 316 g/mol. The minimum Gasteiger partial charge on any atom is -0.317 e. The van der Waals surface area contributed by atoms with Gasteiger partial charge in [-0.15, -0.1) is 11.3 Å². The van der Waals surface area contributed by atoms with Crippen LogP contribution in [0.25, 0.3) is 0 Å². The summed E-state index contributed by atoms with van der Waals surface area (Å²) >= 11 is 1.81. The van der Waals surface area contributed by atoms with Gasteiger partial charge in [0.2, 0.25) is 0 Å². The van der Waals surface area contributed by atoms with Crippen LogP contribution in [0.3, 0.4) is 0 Å². The summed E-state index contributed by atoms with van der Waals surface area (Å²) < 4.78 is 0. The molecule has 1 fully saturated rings. The quantitative estimate of drug-likeness (QED) is 0.732. The molecule has 1 aromatic carbocycles. The first-order valence-electron chi connectivity index (χ1n) is 8.76. The number of hydrogen-bond donors (Lipinski definition) is 1. The smallest absolute Gasteiger partial charge is 0.317 e. The Morgan fingerprint density at radius 2 is 1.92 bits per heavy atom. The summed E-state index contributed by atoms with van der Waals surface area (Å²) in [6.45, 7) is 7.13. The second-order valence-corrected chi connectivity index (χ2v) is 8.06. The van der Waals surface area contributed by atoms with Gasteiger partial charge in [-0.3, -0.25) is 0 Å². The van der Waals surface area contributed by atoms with Gasteiger partial charge in [-0.05, 0) is 69.0 Å². The highest BCUT2D eigenvalue weighted by Gasteiger charge is 2.27. The molecule has 0 aliphatic carbocycles. The van der Waals surface area contributed by atoms with Gasteiger partial charge in [-0.2, -0.15) is 0 Å². The van der Waals surface area contributed by atoms with Crippen LogP contribution in [0.2, 0.25) is 0 Å². The Morgan fingerprint density at radius 3 is 2.62 bits per heavy atom. The van der Waals surface area contributed by atoms with Gasteiger partial charge in [-0.25, -0.2) is 4.79 Å². The van der Waals surface area contributed by atoms with Gasteiger partial charge in [0.05, 0.1) is 6.04 Å². The third-order valence-corrected chi connectivity index (χ3v) is 5.96. The lowest BCUT2D eigenvalue weighted by Gasteiger charge is -2.29. The molecule has 2 aromatic rings. The van der Waals surface area contributed by atoms with E-state index in [0.29, 0.717) is 0 Å². The van der Waals surface area contributed by atoms with E-state index >= 15 is 0 Å². The van der Waals surface area contributed by atoms with Crippen molar-refractivity contribution in [2.45, 2.75) is 52.5 Å². The van der Waals surface area contributed by atoms with Crippen LogP contribution in [0.1, 0.15) is 52.6 Å². The Morgan fingerprint density at radius 1 is 1.08 bits per heavy atom. The molecule has 3 rings (SSSR count). The number of nitrogens with one attached hydrogen (secondary N) is 1. The lowest BCUT2D eigenvalue weighted by Crippen LogP contribution is -2.37. The van der Waals surface area contributed by atoms with Crippen LogP contribution >= 0.6 is 11.3 Å². The zero-order valence-corrected chi connectivity index (χ0v) is 15.6. The van der Waals surface area contributed by atoms with Crippen LogP contribution in [-0.4, -0.2) is 17.5 Å². The number of aryl methyl sites for hydroxylation is 3. The molecule has 3 nitrogen and oxygen atoms in total. The number of likely N-dealkylation sites (tertiary alicyclic amines) is 1. The predicted octanol–water partition coefficient (Wildman–Crippen LogP) is 5.82. The molecule has 0 bridgehead atoms. The fourth-order valence-corrected chi connectivity index (χ4v) is 4.32. The summed E-state index contributed by atoms with van der Waals surface area (Å²) in [5.41, 5.74) is 3.33. The van der Waals surface area contributed by atoms with E-state index in [4.69, 9.17) is 0 Å². The van der Waals surface area contributed by atoms with Crippen molar-refractivity contribution < 1.29 is 4.79 Å². The molecular formula is C20H26N2OS. The number of nitrogens with zero attached hydrogens (tertiary/aromatic N) is 1. The van der Waals surface area contributed by atoms with Crippen molar-refractivity contribution in [2.24, 2.45) is 0 Å². The summed E-state index contributed by atoms with van der Waals surface area (Å²) in [6, 6.07) is 10.7. The molecule has 0 saturated carbocycles. The van der Waals surface area contributed by atoms with Gasteiger partial charge in [0, 0.05) is 22.0 Å². The van der Waals surface area contributed by atoms with E-state index in [2.05, 4.69) is 50.4 Å². The second-order valence-electron chi connectivity index (χ2n) is 6.74. The van der Waals surface area contributed by atoms with E-state index < -0.39 is 0 Å². The third-order valence-electron chi connectivity index (χ3n) is 4.86. The maximum absolute atomic E-state index is 12.9. The predicted molar refractivity (Wildman–Crippen MR) is 102 cm³/mol. The van der Waals surface area contributed by atoms with Crippen molar-refractivity contribution in [3.8, 4) is 0 Å². The molecule has 4 heteroatoms. The Kier molecular flexibility index (Phi) is 5.24. The summed E-state index contributed by atoms with van der Waals surface area (Å²) in [5, 5.41) is 3.11. The average Bonchev–Trinajstić information content (AvgIpc) is 2.83. The summed E-state index contributed by atoms with van der Waals surface area (Å²) in [7, 11) is 0. The maximum Gasteiger partial charge on any atom is 0.322 e. The minimum atomic E-state index is 0.0243. The second kappa shape index (κ2) is 7.39. The molecule has 1 aromatic heterocycles. The zero-order chi connectivity index (χ0) is 17.1. The SMILES string of the molecule is Cc1ccc([C@H]2CCCCCN2C(=O)Nc2ccc(C)c(C)c2)s1. The molecule has 0 unspecified atom stereocenters. The van der Waals surface area contributed by atoms with Gasteiger partial charge >= 0.3 is 6.03 Å². The summed E-state index contributed by atoms with van der Waals surface area (Å²) in [6.07, 6.45) is 4.53. The van der Waals surface area contributed by atoms with Crippen molar-refractivity contribution in [1.29, 1.82) is 0 Å². The Labute approximate surface area is 148 Å². The van der Waals surface area contributed by atoms with Gasteiger partial charge < -0.3 is 10.2 Å². The first-order chi connectivity index (χ1) is 11.5. The number of carbonyl (C=O) groups is 1. The first kappa shape index (κ1) is 17.0. The van der Waals surface area contributed by atoms with Gasteiger partial charge in [0.25, 0.3) is 0 Å². The molecule has 1 N–H and O–H groups in total. The van der Waals surface area contributed by atoms with Crippen LogP contribution < -0.4 is 5.32 Å². The minimum absolute atomic E-state index is 0.0243.